The Hall–Kier alpha value is -0.910. The van der Waals surface area contributed by atoms with Crippen molar-refractivity contribution in [3.63, 3.8) is 0 Å². The van der Waals surface area contributed by atoms with Crippen molar-refractivity contribution >= 4 is 10.0 Å². The molecule has 1 unspecified atom stereocenters. The average molecular weight is 254 g/mol. The molecule has 0 aliphatic carbocycles. The summed E-state index contributed by atoms with van der Waals surface area (Å²) in [5.41, 5.74) is 1.05. The van der Waals surface area contributed by atoms with Gasteiger partial charge in [0, 0.05) is 19.6 Å². The molecule has 1 fully saturated rings. The first-order chi connectivity index (χ1) is 8.15. The van der Waals surface area contributed by atoms with Crippen LogP contribution in [0.15, 0.2) is 30.3 Å². The Morgan fingerprint density at radius 1 is 1.35 bits per heavy atom. The predicted molar refractivity (Wildman–Crippen MR) is 68.2 cm³/mol. The normalized spacial score (nSPS) is 22.5. The van der Waals surface area contributed by atoms with Crippen LogP contribution in [-0.4, -0.2) is 38.1 Å². The standard InChI is InChI=1S/C12H18N2O2S/c1-2-17(15,16)14-9-8-13-10-12(14)11-6-4-3-5-7-11/h3-7,12-13H,2,8-10H2,1H3. The molecule has 1 aromatic carbocycles. The van der Waals surface area contributed by atoms with Crippen LogP contribution in [0.1, 0.15) is 18.5 Å². The van der Waals surface area contributed by atoms with Crippen LogP contribution < -0.4 is 5.32 Å². The first-order valence-electron chi connectivity index (χ1n) is 5.90. The Labute approximate surface area is 103 Å². The van der Waals surface area contributed by atoms with Crippen molar-refractivity contribution in [2.45, 2.75) is 13.0 Å². The van der Waals surface area contributed by atoms with Crippen LogP contribution in [0.3, 0.4) is 0 Å². The van der Waals surface area contributed by atoms with Crippen LogP contribution in [-0.2, 0) is 10.0 Å². The van der Waals surface area contributed by atoms with Gasteiger partial charge in [0.2, 0.25) is 10.0 Å². The van der Waals surface area contributed by atoms with E-state index in [0.717, 1.165) is 12.1 Å². The third-order valence-corrected chi connectivity index (χ3v) is 4.98. The van der Waals surface area contributed by atoms with Gasteiger partial charge in [-0.15, -0.1) is 0 Å². The Balaban J connectivity index is 2.31. The molecule has 1 aliphatic rings. The van der Waals surface area contributed by atoms with E-state index >= 15 is 0 Å². The van der Waals surface area contributed by atoms with Crippen LogP contribution >= 0.6 is 0 Å². The van der Waals surface area contributed by atoms with Gasteiger partial charge in [0.1, 0.15) is 0 Å². The van der Waals surface area contributed by atoms with Gasteiger partial charge in [0.25, 0.3) is 0 Å². The molecule has 1 atom stereocenters. The quantitative estimate of drug-likeness (QED) is 0.875. The lowest BCUT2D eigenvalue weighted by atomic mass is 10.1. The van der Waals surface area contributed by atoms with Crippen LogP contribution in [0.5, 0.6) is 0 Å². The third-order valence-electron chi connectivity index (χ3n) is 3.10. The Morgan fingerprint density at radius 2 is 2.06 bits per heavy atom. The van der Waals surface area contributed by atoms with Gasteiger partial charge in [-0.05, 0) is 12.5 Å². The van der Waals surface area contributed by atoms with E-state index in [0.29, 0.717) is 13.1 Å². The van der Waals surface area contributed by atoms with E-state index in [1.54, 1.807) is 11.2 Å². The van der Waals surface area contributed by atoms with Gasteiger partial charge in [-0.25, -0.2) is 8.42 Å². The van der Waals surface area contributed by atoms with Gasteiger partial charge in [-0.1, -0.05) is 30.3 Å². The van der Waals surface area contributed by atoms with E-state index < -0.39 is 10.0 Å². The van der Waals surface area contributed by atoms with Crippen molar-refractivity contribution in [1.82, 2.24) is 9.62 Å². The summed E-state index contributed by atoms with van der Waals surface area (Å²) in [5, 5.41) is 3.25. The molecule has 0 spiro atoms. The SMILES string of the molecule is CCS(=O)(=O)N1CCNCC1c1ccccc1. The molecule has 5 heteroatoms. The molecule has 4 nitrogen and oxygen atoms in total. The molecular weight excluding hydrogens is 236 g/mol. The number of nitrogens with one attached hydrogen (secondary N) is 1. The zero-order valence-corrected chi connectivity index (χ0v) is 10.8. The lowest BCUT2D eigenvalue weighted by Crippen LogP contribution is -2.49. The van der Waals surface area contributed by atoms with Gasteiger partial charge >= 0.3 is 0 Å². The largest absolute Gasteiger partial charge is 0.313 e. The third kappa shape index (κ3) is 2.68. The van der Waals surface area contributed by atoms with Crippen LogP contribution in [0.2, 0.25) is 0 Å². The number of piperazine rings is 1. The monoisotopic (exact) mass is 254 g/mol. The zero-order chi connectivity index (χ0) is 12.3. The molecule has 2 rings (SSSR count). The summed E-state index contributed by atoms with van der Waals surface area (Å²) in [6.45, 7) is 3.65. The molecule has 0 bridgehead atoms. The average Bonchev–Trinajstić information content (AvgIpc) is 2.40. The maximum absolute atomic E-state index is 12.0. The van der Waals surface area contributed by atoms with Crippen molar-refractivity contribution in [3.8, 4) is 0 Å². The highest BCUT2D eigenvalue weighted by atomic mass is 32.2. The number of hydrogen-bond acceptors (Lipinski definition) is 3. The summed E-state index contributed by atoms with van der Waals surface area (Å²) < 4.78 is 25.7. The van der Waals surface area contributed by atoms with Crippen molar-refractivity contribution in [2.75, 3.05) is 25.4 Å². The van der Waals surface area contributed by atoms with E-state index in [1.165, 1.54) is 0 Å². The van der Waals surface area contributed by atoms with Crippen LogP contribution in [0.25, 0.3) is 0 Å². The highest BCUT2D eigenvalue weighted by molar-refractivity contribution is 7.89. The van der Waals surface area contributed by atoms with Gasteiger partial charge in [-0.2, -0.15) is 4.31 Å². The molecule has 17 heavy (non-hydrogen) atoms. The molecule has 0 radical (unpaired) electrons. The summed E-state index contributed by atoms with van der Waals surface area (Å²) in [6, 6.07) is 9.72. The lowest BCUT2D eigenvalue weighted by molar-refractivity contribution is 0.272. The minimum absolute atomic E-state index is 0.0742. The second-order valence-electron chi connectivity index (χ2n) is 4.14. The number of sulfonamides is 1. The minimum atomic E-state index is -3.13. The van der Waals surface area contributed by atoms with E-state index in [-0.39, 0.29) is 11.8 Å². The van der Waals surface area contributed by atoms with E-state index in [4.69, 9.17) is 0 Å². The number of nitrogens with zero attached hydrogens (tertiary/aromatic N) is 1. The molecule has 1 saturated heterocycles. The van der Waals surface area contributed by atoms with E-state index in [2.05, 4.69) is 5.32 Å². The molecule has 0 amide bonds. The molecule has 1 N–H and O–H groups in total. The lowest BCUT2D eigenvalue weighted by Gasteiger charge is -2.35. The number of benzene rings is 1. The fourth-order valence-electron chi connectivity index (χ4n) is 2.14. The Bertz CT molecular complexity index is 459. The van der Waals surface area contributed by atoms with Crippen molar-refractivity contribution in [2.24, 2.45) is 0 Å². The predicted octanol–water partition coefficient (Wildman–Crippen LogP) is 0.983. The molecule has 94 valence electrons. The fraction of sp³-hybridized carbons (Fsp3) is 0.500. The van der Waals surface area contributed by atoms with Crippen LogP contribution in [0, 0.1) is 0 Å². The summed E-state index contributed by atoms with van der Waals surface area (Å²) in [4.78, 5) is 0. The maximum atomic E-state index is 12.0. The van der Waals surface area contributed by atoms with Gasteiger partial charge in [-0.3, -0.25) is 0 Å². The molecule has 0 saturated carbocycles. The van der Waals surface area contributed by atoms with Crippen LogP contribution in [0.4, 0.5) is 0 Å². The highest BCUT2D eigenvalue weighted by Crippen LogP contribution is 2.24. The number of hydrogen-bond donors (Lipinski definition) is 1. The van der Waals surface area contributed by atoms with Crippen molar-refractivity contribution < 1.29 is 8.42 Å². The molecule has 0 aromatic heterocycles. The maximum Gasteiger partial charge on any atom is 0.214 e. The van der Waals surface area contributed by atoms with Crippen molar-refractivity contribution in [1.29, 1.82) is 0 Å². The van der Waals surface area contributed by atoms with Gasteiger partial charge < -0.3 is 5.32 Å². The smallest absolute Gasteiger partial charge is 0.214 e. The molecule has 1 aromatic rings. The van der Waals surface area contributed by atoms with Gasteiger partial charge in [0.05, 0.1) is 11.8 Å². The molecule has 1 aliphatic heterocycles. The second-order valence-corrected chi connectivity index (χ2v) is 6.35. The summed E-state index contributed by atoms with van der Waals surface area (Å²) >= 11 is 0. The first kappa shape index (κ1) is 12.5. The van der Waals surface area contributed by atoms with E-state index in [1.807, 2.05) is 30.3 Å². The van der Waals surface area contributed by atoms with E-state index in [9.17, 15) is 8.42 Å². The summed E-state index contributed by atoms with van der Waals surface area (Å²) in [6.07, 6.45) is 0. The summed E-state index contributed by atoms with van der Waals surface area (Å²) in [7, 11) is -3.13. The molecule has 1 heterocycles. The number of rotatable bonds is 3. The molecular formula is C12H18N2O2S. The Kier molecular flexibility index (Phi) is 3.81. The fourth-order valence-corrected chi connectivity index (χ4v) is 3.43. The zero-order valence-electron chi connectivity index (χ0n) is 9.96. The van der Waals surface area contributed by atoms with Gasteiger partial charge in [0.15, 0.2) is 0 Å². The minimum Gasteiger partial charge on any atom is -0.313 e. The second kappa shape index (κ2) is 5.16. The Morgan fingerprint density at radius 3 is 2.71 bits per heavy atom. The highest BCUT2D eigenvalue weighted by Gasteiger charge is 2.31. The topological polar surface area (TPSA) is 49.4 Å². The van der Waals surface area contributed by atoms with Crippen molar-refractivity contribution in [3.05, 3.63) is 35.9 Å². The summed E-state index contributed by atoms with van der Waals surface area (Å²) in [5.74, 6) is 0.163. The first-order valence-corrected chi connectivity index (χ1v) is 7.51.